The molecular formula is C25H26N4O10. The Morgan fingerprint density at radius 2 is 1.51 bits per heavy atom. The van der Waals surface area contributed by atoms with Crippen LogP contribution in [0, 0.1) is 0 Å². The van der Waals surface area contributed by atoms with Crippen LogP contribution in [0.25, 0.3) is 11.2 Å². The van der Waals surface area contributed by atoms with E-state index in [9.17, 15) is 19.2 Å². The molecule has 14 nitrogen and oxygen atoms in total. The van der Waals surface area contributed by atoms with Crippen molar-refractivity contribution in [2.75, 3.05) is 20.8 Å². The van der Waals surface area contributed by atoms with Crippen LogP contribution in [0.1, 0.15) is 43.1 Å². The van der Waals surface area contributed by atoms with Crippen molar-refractivity contribution in [2.45, 2.75) is 45.3 Å². The Bertz CT molecular complexity index is 1400. The van der Waals surface area contributed by atoms with E-state index in [4.69, 9.17) is 28.4 Å². The number of carbonyl (C=O) groups excluding carboxylic acids is 4. The number of imidazole rings is 1. The summed E-state index contributed by atoms with van der Waals surface area (Å²) in [5.41, 5.74) is 0.554. The molecule has 0 bridgehead atoms. The molecule has 2 aromatic heterocycles. The minimum absolute atomic E-state index is 0.0101. The summed E-state index contributed by atoms with van der Waals surface area (Å²) in [4.78, 5) is 61.4. The number of rotatable bonds is 9. The molecule has 3 heterocycles. The van der Waals surface area contributed by atoms with E-state index in [-0.39, 0.29) is 29.0 Å². The van der Waals surface area contributed by atoms with E-state index in [0.29, 0.717) is 11.5 Å². The SMILES string of the molecule is COc1cc(OC)cc(C(=O)c2ncnc3c2ncn3[C@@H]2O[C@H](COC(C)=O)[C@@H](OC(C)=O)[C@H]2OC(C)=O)c1. The summed E-state index contributed by atoms with van der Waals surface area (Å²) in [7, 11) is 2.93. The number of nitrogens with zero attached hydrogens (tertiary/aromatic N) is 4. The van der Waals surface area contributed by atoms with E-state index in [2.05, 4.69) is 15.0 Å². The maximum atomic E-state index is 13.5. The number of carbonyl (C=O) groups is 4. The van der Waals surface area contributed by atoms with E-state index in [0.717, 1.165) is 0 Å². The van der Waals surface area contributed by atoms with Crippen molar-refractivity contribution < 1.29 is 47.6 Å². The minimum Gasteiger partial charge on any atom is -0.497 e. The number of esters is 3. The zero-order valence-electron chi connectivity index (χ0n) is 21.8. The van der Waals surface area contributed by atoms with Crippen LogP contribution >= 0.6 is 0 Å². The van der Waals surface area contributed by atoms with Crippen molar-refractivity contribution >= 4 is 34.9 Å². The Labute approximate surface area is 222 Å². The topological polar surface area (TPSA) is 167 Å². The van der Waals surface area contributed by atoms with Gasteiger partial charge in [0.1, 0.15) is 41.7 Å². The Morgan fingerprint density at radius 1 is 0.872 bits per heavy atom. The average molecular weight is 543 g/mol. The smallest absolute Gasteiger partial charge is 0.303 e. The molecule has 0 aliphatic carbocycles. The maximum Gasteiger partial charge on any atom is 0.303 e. The Balaban J connectivity index is 1.76. The average Bonchev–Trinajstić information content (AvgIpc) is 3.47. The third-order valence-corrected chi connectivity index (χ3v) is 5.80. The van der Waals surface area contributed by atoms with Crippen molar-refractivity contribution in [3.8, 4) is 11.5 Å². The molecule has 1 aliphatic rings. The van der Waals surface area contributed by atoms with Crippen LogP contribution in [0.4, 0.5) is 0 Å². The number of aromatic nitrogens is 4. The highest BCUT2D eigenvalue weighted by atomic mass is 16.7. The molecule has 0 radical (unpaired) electrons. The molecule has 1 fully saturated rings. The second-order valence-electron chi connectivity index (χ2n) is 8.49. The molecule has 1 saturated heterocycles. The number of hydrogen-bond acceptors (Lipinski definition) is 13. The first kappa shape index (κ1) is 27.4. The predicted molar refractivity (Wildman–Crippen MR) is 130 cm³/mol. The number of methoxy groups -OCH3 is 2. The second kappa shape index (κ2) is 11.4. The van der Waals surface area contributed by atoms with E-state index in [1.807, 2.05) is 0 Å². The maximum absolute atomic E-state index is 13.5. The summed E-state index contributed by atoms with van der Waals surface area (Å²) < 4.78 is 33.9. The molecule has 206 valence electrons. The number of hydrogen-bond donors (Lipinski definition) is 0. The van der Waals surface area contributed by atoms with Crippen LogP contribution in [0.3, 0.4) is 0 Å². The van der Waals surface area contributed by atoms with Gasteiger partial charge in [-0.05, 0) is 12.1 Å². The minimum atomic E-state index is -1.15. The number of ketones is 1. The lowest BCUT2D eigenvalue weighted by molar-refractivity contribution is -0.166. The summed E-state index contributed by atoms with van der Waals surface area (Å²) in [5.74, 6) is -1.56. The van der Waals surface area contributed by atoms with Gasteiger partial charge in [-0.1, -0.05) is 0 Å². The van der Waals surface area contributed by atoms with Gasteiger partial charge in [0.05, 0.1) is 20.5 Å². The van der Waals surface area contributed by atoms with Crippen molar-refractivity contribution in [2.24, 2.45) is 0 Å². The Kier molecular flexibility index (Phi) is 8.04. The molecule has 1 aliphatic heterocycles. The highest BCUT2D eigenvalue weighted by Crippen LogP contribution is 2.36. The summed E-state index contributed by atoms with van der Waals surface area (Å²) >= 11 is 0. The summed E-state index contributed by atoms with van der Waals surface area (Å²) in [5, 5.41) is 0. The molecule has 0 unspecified atom stereocenters. The Morgan fingerprint density at radius 3 is 2.10 bits per heavy atom. The molecule has 0 saturated carbocycles. The summed E-state index contributed by atoms with van der Waals surface area (Å²) in [6, 6.07) is 4.70. The van der Waals surface area contributed by atoms with Gasteiger partial charge in [0.15, 0.2) is 24.1 Å². The van der Waals surface area contributed by atoms with E-state index in [1.54, 1.807) is 6.07 Å². The Hall–Kier alpha value is -4.59. The van der Waals surface area contributed by atoms with Crippen LogP contribution in [0.2, 0.25) is 0 Å². The third-order valence-electron chi connectivity index (χ3n) is 5.80. The first-order valence-corrected chi connectivity index (χ1v) is 11.7. The number of ether oxygens (including phenoxy) is 6. The normalized spacial score (nSPS) is 20.3. The van der Waals surface area contributed by atoms with Crippen LogP contribution in [0.15, 0.2) is 30.9 Å². The van der Waals surface area contributed by atoms with E-state index < -0.39 is 48.2 Å². The van der Waals surface area contributed by atoms with E-state index >= 15 is 0 Å². The van der Waals surface area contributed by atoms with Gasteiger partial charge < -0.3 is 28.4 Å². The lowest BCUT2D eigenvalue weighted by atomic mass is 10.1. The lowest BCUT2D eigenvalue weighted by Crippen LogP contribution is -2.40. The first-order valence-electron chi connectivity index (χ1n) is 11.7. The van der Waals surface area contributed by atoms with Gasteiger partial charge in [0.25, 0.3) is 0 Å². The van der Waals surface area contributed by atoms with Crippen LogP contribution < -0.4 is 9.47 Å². The van der Waals surface area contributed by atoms with Gasteiger partial charge in [0.2, 0.25) is 5.78 Å². The molecule has 39 heavy (non-hydrogen) atoms. The fourth-order valence-corrected chi connectivity index (χ4v) is 4.20. The van der Waals surface area contributed by atoms with E-state index in [1.165, 1.54) is 64.3 Å². The molecule has 0 N–H and O–H groups in total. The van der Waals surface area contributed by atoms with Crippen molar-refractivity contribution in [1.82, 2.24) is 19.5 Å². The van der Waals surface area contributed by atoms with Crippen LogP contribution in [0.5, 0.6) is 11.5 Å². The summed E-state index contributed by atoms with van der Waals surface area (Å²) in [6.07, 6.45) is -1.82. The van der Waals surface area contributed by atoms with Crippen molar-refractivity contribution in [3.05, 3.63) is 42.1 Å². The monoisotopic (exact) mass is 542 g/mol. The molecule has 3 aromatic rings. The van der Waals surface area contributed by atoms with Gasteiger partial charge in [-0.3, -0.25) is 23.7 Å². The van der Waals surface area contributed by atoms with Gasteiger partial charge in [-0.15, -0.1) is 0 Å². The zero-order valence-corrected chi connectivity index (χ0v) is 21.8. The standard InChI is InChI=1S/C25H26N4O10/c1-12(30)36-9-18-22(37-13(2)31)23(38-14(3)32)25(39-18)29-11-28-20-19(26-10-27-24(20)29)21(33)15-6-16(34-4)8-17(7-15)35-5/h6-8,10-11,18,22-23,25H,9H2,1-5H3/t18-,22-,23-,25-/m1/s1. The third kappa shape index (κ3) is 5.80. The largest absolute Gasteiger partial charge is 0.497 e. The molecule has 0 amide bonds. The molecule has 4 atom stereocenters. The molecular weight excluding hydrogens is 516 g/mol. The lowest BCUT2D eigenvalue weighted by Gasteiger charge is -2.23. The quantitative estimate of drug-likeness (QED) is 0.216. The van der Waals surface area contributed by atoms with Crippen LogP contribution in [-0.4, -0.2) is 82.3 Å². The first-order chi connectivity index (χ1) is 18.6. The molecule has 1 aromatic carbocycles. The fraction of sp³-hybridized carbons (Fsp3) is 0.400. The zero-order chi connectivity index (χ0) is 28.3. The predicted octanol–water partition coefficient (Wildman–Crippen LogP) is 1.40. The number of fused-ring (bicyclic) bond motifs is 1. The van der Waals surface area contributed by atoms with Crippen LogP contribution in [-0.2, 0) is 33.3 Å². The highest BCUT2D eigenvalue weighted by molar-refractivity contribution is 6.13. The van der Waals surface area contributed by atoms with Gasteiger partial charge >= 0.3 is 17.9 Å². The van der Waals surface area contributed by atoms with Gasteiger partial charge in [-0.2, -0.15) is 0 Å². The van der Waals surface area contributed by atoms with Crippen molar-refractivity contribution in [3.63, 3.8) is 0 Å². The van der Waals surface area contributed by atoms with Gasteiger partial charge in [0, 0.05) is 32.4 Å². The molecule has 14 heteroatoms. The highest BCUT2D eigenvalue weighted by Gasteiger charge is 2.51. The molecule has 0 spiro atoms. The van der Waals surface area contributed by atoms with Gasteiger partial charge in [-0.25, -0.2) is 15.0 Å². The summed E-state index contributed by atoms with van der Waals surface area (Å²) in [6.45, 7) is 3.32. The second-order valence-corrected chi connectivity index (χ2v) is 8.49. The van der Waals surface area contributed by atoms with Crippen molar-refractivity contribution in [1.29, 1.82) is 0 Å². The number of benzene rings is 1. The molecule has 4 rings (SSSR count). The fourth-order valence-electron chi connectivity index (χ4n) is 4.20.